The summed E-state index contributed by atoms with van der Waals surface area (Å²) in [6.45, 7) is 1.98. The lowest BCUT2D eigenvalue weighted by atomic mass is 10.1. The van der Waals surface area contributed by atoms with Crippen molar-refractivity contribution in [1.82, 2.24) is 15.0 Å². The molecule has 0 atom stereocenters. The van der Waals surface area contributed by atoms with Gasteiger partial charge < -0.3 is 19.8 Å². The fourth-order valence-electron chi connectivity index (χ4n) is 3.46. The van der Waals surface area contributed by atoms with E-state index in [0.717, 1.165) is 39.2 Å². The van der Waals surface area contributed by atoms with E-state index in [1.807, 2.05) is 37.4 Å². The number of hydrogen-bond donors (Lipinski definition) is 2. The summed E-state index contributed by atoms with van der Waals surface area (Å²) in [6.07, 6.45) is 6.88. The topological polar surface area (TPSA) is 101 Å². The van der Waals surface area contributed by atoms with Gasteiger partial charge in [-0.05, 0) is 30.7 Å². The molecule has 0 aliphatic rings. The van der Waals surface area contributed by atoms with Crippen molar-refractivity contribution in [1.29, 1.82) is 0 Å². The van der Waals surface area contributed by atoms with Crippen LogP contribution in [0, 0.1) is 6.92 Å². The lowest BCUT2D eigenvalue weighted by molar-refractivity contribution is 0.416. The van der Waals surface area contributed by atoms with Gasteiger partial charge in [-0.1, -0.05) is 12.1 Å². The van der Waals surface area contributed by atoms with Crippen molar-refractivity contribution in [3.05, 3.63) is 54.4 Å². The van der Waals surface area contributed by atoms with Crippen molar-refractivity contribution in [2.24, 2.45) is 4.36 Å². The van der Waals surface area contributed by atoms with E-state index in [2.05, 4.69) is 19.6 Å². The number of aromatic nitrogens is 3. The number of methoxy groups -OCH3 is 2. The van der Waals surface area contributed by atoms with Crippen molar-refractivity contribution in [2.75, 3.05) is 32.0 Å². The van der Waals surface area contributed by atoms with Gasteiger partial charge in [-0.2, -0.15) is 4.36 Å². The average molecular weight is 452 g/mol. The number of fused-ring (bicyclic) bond motifs is 1. The van der Waals surface area contributed by atoms with Crippen molar-refractivity contribution in [3.63, 3.8) is 0 Å². The predicted octanol–water partition coefficient (Wildman–Crippen LogP) is 5.05. The minimum Gasteiger partial charge on any atom is -0.495 e. The van der Waals surface area contributed by atoms with Crippen molar-refractivity contribution in [2.45, 2.75) is 6.92 Å². The first kappa shape index (κ1) is 21.6. The maximum absolute atomic E-state index is 12.0. The van der Waals surface area contributed by atoms with E-state index in [9.17, 15) is 4.21 Å². The molecule has 9 heteroatoms. The van der Waals surface area contributed by atoms with Gasteiger partial charge in [0.15, 0.2) is 0 Å². The molecule has 4 aromatic rings. The number of aromatic amines is 1. The van der Waals surface area contributed by atoms with Crippen LogP contribution >= 0.6 is 0 Å². The lowest BCUT2D eigenvalue weighted by Crippen LogP contribution is -2.00. The maximum Gasteiger partial charge on any atom is 0.227 e. The van der Waals surface area contributed by atoms with E-state index in [-0.39, 0.29) is 0 Å². The molecule has 2 N–H and O–H groups in total. The van der Waals surface area contributed by atoms with Gasteiger partial charge >= 0.3 is 0 Å². The van der Waals surface area contributed by atoms with E-state index >= 15 is 0 Å². The van der Waals surface area contributed by atoms with Gasteiger partial charge in [0.25, 0.3) is 0 Å². The van der Waals surface area contributed by atoms with E-state index in [0.29, 0.717) is 17.4 Å². The van der Waals surface area contributed by atoms with Crippen LogP contribution in [-0.4, -0.2) is 45.9 Å². The van der Waals surface area contributed by atoms with Crippen LogP contribution in [0.1, 0.15) is 5.56 Å². The highest BCUT2D eigenvalue weighted by Gasteiger charge is 2.14. The van der Waals surface area contributed by atoms with Gasteiger partial charge in [-0.3, -0.25) is 0 Å². The number of hydrogen-bond acceptors (Lipinski definition) is 7. The Morgan fingerprint density at radius 3 is 2.59 bits per heavy atom. The zero-order valence-corrected chi connectivity index (χ0v) is 19.4. The molecule has 2 aromatic carbocycles. The molecule has 0 aliphatic carbocycles. The zero-order valence-electron chi connectivity index (χ0n) is 18.6. The summed E-state index contributed by atoms with van der Waals surface area (Å²) < 4.78 is 27.2. The molecule has 0 amide bonds. The number of para-hydroxylation sites is 1. The predicted molar refractivity (Wildman–Crippen MR) is 129 cm³/mol. The van der Waals surface area contributed by atoms with E-state index in [4.69, 9.17) is 14.5 Å². The van der Waals surface area contributed by atoms with Crippen molar-refractivity contribution >= 4 is 38.0 Å². The maximum atomic E-state index is 12.0. The summed E-state index contributed by atoms with van der Waals surface area (Å²) in [6, 6.07) is 11.3. The monoisotopic (exact) mass is 451 g/mol. The molecule has 0 unspecified atom stereocenters. The van der Waals surface area contributed by atoms with Gasteiger partial charge in [-0.15, -0.1) is 0 Å². The van der Waals surface area contributed by atoms with E-state index in [1.54, 1.807) is 45.1 Å². The standard InChI is InChI=1S/C23H25N5O3S/c1-14-12-25-23(26-15-9-10-18(20(11-15)31-3)28-32(4,5)29)27-21(14)17-13-24-22-16(17)7-6-8-19(22)30-2/h6-13,24H,1-5H3,(H,25,26,27). The second-order valence-electron chi connectivity index (χ2n) is 7.59. The van der Waals surface area contributed by atoms with Crippen LogP contribution in [0.25, 0.3) is 22.2 Å². The highest BCUT2D eigenvalue weighted by atomic mass is 32.2. The molecular formula is C23H25N5O3S. The van der Waals surface area contributed by atoms with Crippen LogP contribution in [-0.2, 0) is 9.73 Å². The first-order valence-corrected chi connectivity index (χ1v) is 12.2. The Morgan fingerprint density at radius 2 is 1.88 bits per heavy atom. The largest absolute Gasteiger partial charge is 0.495 e. The highest BCUT2D eigenvalue weighted by molar-refractivity contribution is 7.92. The van der Waals surface area contributed by atoms with Crippen LogP contribution < -0.4 is 14.8 Å². The number of rotatable bonds is 6. The van der Waals surface area contributed by atoms with Gasteiger partial charge in [0, 0.05) is 57.3 Å². The first-order valence-electron chi connectivity index (χ1n) is 9.89. The molecule has 166 valence electrons. The van der Waals surface area contributed by atoms with Gasteiger partial charge in [0.1, 0.15) is 17.2 Å². The SMILES string of the molecule is COc1cc(Nc2ncc(C)c(-c3c[nH]c4c(OC)cccc34)n2)ccc1N=S(C)(C)=O. The number of aryl methyl sites for hydroxylation is 1. The molecule has 0 saturated carbocycles. The summed E-state index contributed by atoms with van der Waals surface area (Å²) in [7, 11) is 0.903. The Balaban J connectivity index is 1.71. The van der Waals surface area contributed by atoms with Crippen molar-refractivity contribution < 1.29 is 13.7 Å². The summed E-state index contributed by atoms with van der Waals surface area (Å²) in [4.78, 5) is 12.5. The molecule has 0 saturated heterocycles. The lowest BCUT2D eigenvalue weighted by Gasteiger charge is -2.11. The summed E-state index contributed by atoms with van der Waals surface area (Å²) in [5, 5.41) is 4.24. The molecule has 0 bridgehead atoms. The Bertz CT molecular complexity index is 1410. The molecule has 0 spiro atoms. The molecule has 2 heterocycles. The van der Waals surface area contributed by atoms with Gasteiger partial charge in [0.05, 0.1) is 25.4 Å². The molecular weight excluding hydrogens is 426 g/mol. The molecule has 2 aromatic heterocycles. The molecule has 32 heavy (non-hydrogen) atoms. The summed E-state index contributed by atoms with van der Waals surface area (Å²) >= 11 is 0. The van der Waals surface area contributed by atoms with Gasteiger partial charge in [-0.25, -0.2) is 14.2 Å². The van der Waals surface area contributed by atoms with Crippen molar-refractivity contribution in [3.8, 4) is 22.8 Å². The van der Waals surface area contributed by atoms with Crippen LogP contribution in [0.4, 0.5) is 17.3 Å². The number of ether oxygens (including phenoxy) is 2. The molecule has 4 rings (SSSR count). The van der Waals surface area contributed by atoms with Crippen LogP contribution in [0.5, 0.6) is 11.5 Å². The number of benzene rings is 2. The molecule has 8 nitrogen and oxygen atoms in total. The van der Waals surface area contributed by atoms with Crippen LogP contribution in [0.15, 0.2) is 53.2 Å². The second kappa shape index (κ2) is 8.51. The second-order valence-corrected chi connectivity index (χ2v) is 10.1. The minimum absolute atomic E-state index is 0.448. The van der Waals surface area contributed by atoms with E-state index in [1.165, 1.54) is 0 Å². The minimum atomic E-state index is -2.30. The average Bonchev–Trinajstić information content (AvgIpc) is 3.19. The fourth-order valence-corrected chi connectivity index (χ4v) is 4.09. The third-order valence-corrected chi connectivity index (χ3v) is 5.51. The first-order chi connectivity index (χ1) is 15.3. The third kappa shape index (κ3) is 4.38. The Labute approximate surface area is 187 Å². The fraction of sp³-hybridized carbons (Fsp3) is 0.217. The Morgan fingerprint density at radius 1 is 1.09 bits per heavy atom. The number of nitrogens with one attached hydrogen (secondary N) is 2. The summed E-state index contributed by atoms with van der Waals surface area (Å²) in [5.41, 5.74) is 4.92. The Hall–Kier alpha value is -3.59. The molecule has 0 fully saturated rings. The quantitative estimate of drug-likeness (QED) is 0.425. The third-order valence-electron chi connectivity index (χ3n) is 4.88. The molecule has 0 radical (unpaired) electrons. The highest BCUT2D eigenvalue weighted by Crippen LogP contribution is 2.35. The zero-order chi connectivity index (χ0) is 22.9. The van der Waals surface area contributed by atoms with Gasteiger partial charge in [0.2, 0.25) is 5.95 Å². The Kier molecular flexibility index (Phi) is 5.75. The number of nitrogens with zero attached hydrogens (tertiary/aromatic N) is 3. The van der Waals surface area contributed by atoms with Crippen LogP contribution in [0.3, 0.4) is 0 Å². The van der Waals surface area contributed by atoms with E-state index < -0.39 is 9.73 Å². The van der Waals surface area contributed by atoms with Crippen LogP contribution in [0.2, 0.25) is 0 Å². The number of anilines is 2. The summed E-state index contributed by atoms with van der Waals surface area (Å²) in [5.74, 6) is 1.74. The smallest absolute Gasteiger partial charge is 0.227 e. The number of H-pyrrole nitrogens is 1. The molecule has 0 aliphatic heterocycles. The normalized spacial score (nSPS) is 11.4.